The quantitative estimate of drug-likeness (QED) is 0.873. The summed E-state index contributed by atoms with van der Waals surface area (Å²) in [4.78, 5) is 22.4. The molecule has 0 spiro atoms. The maximum absolute atomic E-state index is 11.5. The Morgan fingerprint density at radius 3 is 2.53 bits per heavy atom. The Balaban J connectivity index is 2.81. The Labute approximate surface area is 111 Å². The molecule has 0 aliphatic carbocycles. The minimum Gasteiger partial charge on any atom is -0.477 e. The van der Waals surface area contributed by atoms with Crippen LogP contribution in [-0.2, 0) is 4.74 Å². The van der Waals surface area contributed by atoms with E-state index in [4.69, 9.17) is 9.84 Å². The minimum atomic E-state index is -1.09. The first kappa shape index (κ1) is 14.0. The zero-order valence-corrected chi connectivity index (χ0v) is 11.9. The number of anilines is 1. The summed E-state index contributed by atoms with van der Waals surface area (Å²) in [7, 11) is 0. The van der Waals surface area contributed by atoms with E-state index in [-0.39, 0.29) is 10.6 Å². The van der Waals surface area contributed by atoms with Crippen LogP contribution in [0.2, 0.25) is 0 Å². The summed E-state index contributed by atoms with van der Waals surface area (Å²) in [6.45, 7) is 5.19. The third-order valence-electron chi connectivity index (χ3n) is 1.53. The summed E-state index contributed by atoms with van der Waals surface area (Å²) in [5.74, 6) is -1.09. The predicted molar refractivity (Wildman–Crippen MR) is 68.8 cm³/mol. The van der Waals surface area contributed by atoms with Gasteiger partial charge in [0.1, 0.15) is 10.5 Å². The van der Waals surface area contributed by atoms with E-state index in [9.17, 15) is 9.59 Å². The van der Waals surface area contributed by atoms with Crippen molar-refractivity contribution in [1.29, 1.82) is 0 Å². The van der Waals surface area contributed by atoms with Crippen molar-refractivity contribution in [1.82, 2.24) is 0 Å². The van der Waals surface area contributed by atoms with Crippen molar-refractivity contribution >= 4 is 45.0 Å². The van der Waals surface area contributed by atoms with Crippen LogP contribution in [0.5, 0.6) is 0 Å². The molecule has 5 nitrogen and oxygen atoms in total. The number of halogens is 1. The highest BCUT2D eigenvalue weighted by Crippen LogP contribution is 2.31. The molecule has 94 valence electrons. The molecule has 7 heteroatoms. The van der Waals surface area contributed by atoms with E-state index in [1.54, 1.807) is 20.8 Å². The highest BCUT2D eigenvalue weighted by Gasteiger charge is 2.20. The molecular formula is C10H12BrNO4S. The lowest BCUT2D eigenvalue weighted by molar-refractivity contribution is 0.0636. The van der Waals surface area contributed by atoms with Crippen molar-refractivity contribution in [2.75, 3.05) is 5.32 Å². The molecule has 1 rings (SSSR count). The fraction of sp³-hybridized carbons (Fsp3) is 0.400. The molecule has 1 heterocycles. The Hall–Kier alpha value is -1.08. The molecule has 0 saturated heterocycles. The van der Waals surface area contributed by atoms with Crippen LogP contribution >= 0.6 is 27.3 Å². The van der Waals surface area contributed by atoms with E-state index in [1.807, 2.05) is 0 Å². The maximum Gasteiger partial charge on any atom is 0.412 e. The molecular weight excluding hydrogens is 310 g/mol. The monoisotopic (exact) mass is 321 g/mol. The fourth-order valence-electron chi connectivity index (χ4n) is 1.03. The molecule has 1 amide bonds. The number of carboxylic acids is 1. The summed E-state index contributed by atoms with van der Waals surface area (Å²) in [5.41, 5.74) is -0.399. The predicted octanol–water partition coefficient (Wildman–Crippen LogP) is 3.56. The zero-order chi connectivity index (χ0) is 13.2. The van der Waals surface area contributed by atoms with Crippen molar-refractivity contribution in [3.63, 3.8) is 0 Å². The maximum atomic E-state index is 11.5. The van der Waals surface area contributed by atoms with Crippen LogP contribution in [0.3, 0.4) is 0 Å². The summed E-state index contributed by atoms with van der Waals surface area (Å²) in [6, 6.07) is 1.53. The molecule has 0 radical (unpaired) electrons. The molecule has 0 saturated carbocycles. The molecule has 1 aromatic heterocycles. The molecule has 0 aromatic carbocycles. The molecule has 2 N–H and O–H groups in total. The Bertz CT molecular complexity index is 450. The zero-order valence-electron chi connectivity index (χ0n) is 9.54. The lowest BCUT2D eigenvalue weighted by Gasteiger charge is -2.19. The normalized spacial score (nSPS) is 11.1. The van der Waals surface area contributed by atoms with E-state index >= 15 is 0 Å². The van der Waals surface area contributed by atoms with E-state index in [0.29, 0.717) is 3.79 Å². The van der Waals surface area contributed by atoms with Crippen LogP contribution in [0.1, 0.15) is 30.4 Å². The number of thiophene rings is 1. The van der Waals surface area contributed by atoms with E-state index in [0.717, 1.165) is 11.3 Å². The van der Waals surface area contributed by atoms with E-state index < -0.39 is 17.7 Å². The van der Waals surface area contributed by atoms with E-state index in [2.05, 4.69) is 21.2 Å². The van der Waals surface area contributed by atoms with Crippen LogP contribution in [0, 0.1) is 0 Å². The highest BCUT2D eigenvalue weighted by molar-refractivity contribution is 9.11. The smallest absolute Gasteiger partial charge is 0.412 e. The van der Waals surface area contributed by atoms with Crippen molar-refractivity contribution in [3.05, 3.63) is 14.7 Å². The van der Waals surface area contributed by atoms with Gasteiger partial charge in [0.25, 0.3) is 0 Å². The van der Waals surface area contributed by atoms with Gasteiger partial charge in [-0.15, -0.1) is 11.3 Å². The molecule has 0 aliphatic rings. The van der Waals surface area contributed by atoms with Crippen molar-refractivity contribution in [2.24, 2.45) is 0 Å². The van der Waals surface area contributed by atoms with Gasteiger partial charge in [0.05, 0.1) is 9.47 Å². The van der Waals surface area contributed by atoms with E-state index in [1.165, 1.54) is 6.07 Å². The molecule has 0 fully saturated rings. The largest absolute Gasteiger partial charge is 0.477 e. The SMILES string of the molecule is CC(C)(C)OC(=O)Nc1cc(Br)sc1C(=O)O. The van der Waals surface area contributed by atoms with Crippen molar-refractivity contribution in [3.8, 4) is 0 Å². The first-order chi connectivity index (χ1) is 7.69. The van der Waals surface area contributed by atoms with Gasteiger partial charge >= 0.3 is 12.1 Å². The molecule has 17 heavy (non-hydrogen) atoms. The van der Waals surface area contributed by atoms with Crippen LogP contribution in [0.25, 0.3) is 0 Å². The third-order valence-corrected chi connectivity index (χ3v) is 3.16. The number of hydrogen-bond donors (Lipinski definition) is 2. The van der Waals surface area contributed by atoms with Gasteiger partial charge in [0.2, 0.25) is 0 Å². The highest BCUT2D eigenvalue weighted by atomic mass is 79.9. The molecule has 0 unspecified atom stereocenters. The van der Waals surface area contributed by atoms with Crippen molar-refractivity contribution < 1.29 is 19.4 Å². The number of aromatic carboxylic acids is 1. The lowest BCUT2D eigenvalue weighted by Crippen LogP contribution is -2.27. The first-order valence-electron chi connectivity index (χ1n) is 4.71. The first-order valence-corrected chi connectivity index (χ1v) is 6.32. The standard InChI is InChI=1S/C10H12BrNO4S/c1-10(2,3)16-9(15)12-5-4-6(11)17-7(5)8(13)14/h4H,1-3H3,(H,12,15)(H,13,14). The van der Waals surface area contributed by atoms with Gasteiger partial charge < -0.3 is 9.84 Å². The van der Waals surface area contributed by atoms with Gasteiger partial charge in [0, 0.05) is 0 Å². The van der Waals surface area contributed by atoms with Gasteiger partial charge in [-0.2, -0.15) is 0 Å². The van der Waals surface area contributed by atoms with Crippen LogP contribution in [-0.4, -0.2) is 22.8 Å². The Morgan fingerprint density at radius 1 is 1.47 bits per heavy atom. The Morgan fingerprint density at radius 2 is 2.06 bits per heavy atom. The lowest BCUT2D eigenvalue weighted by atomic mass is 10.2. The van der Waals surface area contributed by atoms with Gasteiger partial charge in [-0.05, 0) is 42.8 Å². The molecule has 0 atom stereocenters. The van der Waals surface area contributed by atoms with Crippen LogP contribution in [0.4, 0.5) is 10.5 Å². The van der Waals surface area contributed by atoms with Gasteiger partial charge in [0.15, 0.2) is 0 Å². The second kappa shape index (κ2) is 5.05. The number of ether oxygens (including phenoxy) is 1. The number of rotatable bonds is 2. The van der Waals surface area contributed by atoms with Gasteiger partial charge in [-0.1, -0.05) is 0 Å². The third kappa shape index (κ3) is 4.35. The van der Waals surface area contributed by atoms with Crippen LogP contribution < -0.4 is 5.32 Å². The summed E-state index contributed by atoms with van der Waals surface area (Å²) in [5, 5.41) is 11.3. The van der Waals surface area contributed by atoms with Crippen molar-refractivity contribution in [2.45, 2.75) is 26.4 Å². The summed E-state index contributed by atoms with van der Waals surface area (Å²) < 4.78 is 5.66. The number of hydrogen-bond acceptors (Lipinski definition) is 4. The van der Waals surface area contributed by atoms with Crippen LogP contribution in [0.15, 0.2) is 9.85 Å². The number of nitrogens with one attached hydrogen (secondary N) is 1. The summed E-state index contributed by atoms with van der Waals surface area (Å²) in [6.07, 6.45) is -0.676. The number of amides is 1. The number of carbonyl (C=O) groups is 2. The topological polar surface area (TPSA) is 75.6 Å². The van der Waals surface area contributed by atoms with Gasteiger partial charge in [-0.3, -0.25) is 5.32 Å². The molecule has 1 aromatic rings. The number of carbonyl (C=O) groups excluding carboxylic acids is 1. The average molecular weight is 322 g/mol. The molecule has 0 bridgehead atoms. The summed E-state index contributed by atoms with van der Waals surface area (Å²) >= 11 is 4.19. The van der Waals surface area contributed by atoms with Gasteiger partial charge in [-0.25, -0.2) is 9.59 Å². The molecule has 0 aliphatic heterocycles. The number of carboxylic acid groups (broad SMARTS) is 1. The second-order valence-electron chi connectivity index (χ2n) is 4.23. The fourth-order valence-corrected chi connectivity index (χ4v) is 2.42. The average Bonchev–Trinajstić information content (AvgIpc) is 2.42. The second-order valence-corrected chi connectivity index (χ2v) is 6.66. The minimum absolute atomic E-state index is 0.0581. The Kier molecular flexibility index (Phi) is 4.16.